The van der Waals surface area contributed by atoms with E-state index in [1.165, 1.54) is 30.4 Å². The Balaban J connectivity index is 2.26. The summed E-state index contributed by atoms with van der Waals surface area (Å²) >= 11 is 0. The van der Waals surface area contributed by atoms with Crippen molar-refractivity contribution < 1.29 is 0 Å². The fraction of sp³-hybridized carbons (Fsp3) is 0.545. The molecule has 1 N–H and O–H groups in total. The molecule has 0 bridgehead atoms. The normalized spacial score (nSPS) is 21.2. The van der Waals surface area contributed by atoms with E-state index in [2.05, 4.69) is 23.3 Å². The lowest BCUT2D eigenvalue weighted by Gasteiger charge is -2.25. The number of hydrogen-bond acceptors (Lipinski definition) is 2. The number of nitrogens with one attached hydrogen (secondary N) is 1. The van der Waals surface area contributed by atoms with E-state index in [1.54, 1.807) is 0 Å². The zero-order valence-electron chi connectivity index (χ0n) is 8.09. The zero-order valence-corrected chi connectivity index (χ0v) is 8.09. The summed E-state index contributed by atoms with van der Waals surface area (Å²) in [7, 11) is 0. The first kappa shape index (κ1) is 8.70. The Hall–Kier alpha value is -0.890. The van der Waals surface area contributed by atoms with Crippen molar-refractivity contribution in [1.82, 2.24) is 10.3 Å². The van der Waals surface area contributed by atoms with E-state index in [-0.39, 0.29) is 0 Å². The molecular formula is C11H16N2. The van der Waals surface area contributed by atoms with Gasteiger partial charge in [0.15, 0.2) is 0 Å². The summed E-state index contributed by atoms with van der Waals surface area (Å²) in [5.41, 5.74) is 2.89. The molecule has 0 aliphatic heterocycles. The van der Waals surface area contributed by atoms with Gasteiger partial charge < -0.3 is 5.32 Å². The third-order valence-corrected chi connectivity index (χ3v) is 2.71. The van der Waals surface area contributed by atoms with Gasteiger partial charge in [0, 0.05) is 18.4 Å². The highest BCUT2D eigenvalue weighted by Gasteiger charge is 2.18. The molecule has 2 heteroatoms. The zero-order chi connectivity index (χ0) is 9.10. The third-order valence-electron chi connectivity index (χ3n) is 2.71. The Bertz CT molecular complexity index is 283. The van der Waals surface area contributed by atoms with Crippen LogP contribution in [0.5, 0.6) is 0 Å². The standard InChI is InChI=1S/C11H16N2/c1-2-13-11-5-3-4-9-8-12-7-6-10(9)11/h6-8,11,13H,2-5H2,1H3. The fourth-order valence-corrected chi connectivity index (χ4v) is 2.10. The summed E-state index contributed by atoms with van der Waals surface area (Å²) in [4.78, 5) is 4.16. The van der Waals surface area contributed by atoms with Crippen LogP contribution in [-0.2, 0) is 6.42 Å². The predicted octanol–water partition coefficient (Wildman–Crippen LogP) is 2.07. The molecule has 1 aromatic heterocycles. The van der Waals surface area contributed by atoms with Crippen LogP contribution in [0.4, 0.5) is 0 Å². The smallest absolute Gasteiger partial charge is 0.0324 e. The van der Waals surface area contributed by atoms with Gasteiger partial charge in [0.25, 0.3) is 0 Å². The summed E-state index contributed by atoms with van der Waals surface area (Å²) < 4.78 is 0. The lowest BCUT2D eigenvalue weighted by molar-refractivity contribution is 0.471. The van der Waals surface area contributed by atoms with E-state index in [1.807, 2.05) is 12.4 Å². The summed E-state index contributed by atoms with van der Waals surface area (Å²) in [5, 5.41) is 3.51. The SMILES string of the molecule is CCNC1CCCc2cnccc21. The molecule has 1 atom stereocenters. The van der Waals surface area contributed by atoms with E-state index in [0.717, 1.165) is 6.54 Å². The maximum absolute atomic E-state index is 4.16. The molecule has 0 fully saturated rings. The van der Waals surface area contributed by atoms with Gasteiger partial charge in [0.05, 0.1) is 0 Å². The van der Waals surface area contributed by atoms with Crippen LogP contribution >= 0.6 is 0 Å². The molecule has 0 aromatic carbocycles. The summed E-state index contributed by atoms with van der Waals surface area (Å²) in [6.45, 7) is 3.21. The molecule has 1 aliphatic rings. The molecule has 2 nitrogen and oxygen atoms in total. The van der Waals surface area contributed by atoms with Gasteiger partial charge in [-0.25, -0.2) is 0 Å². The van der Waals surface area contributed by atoms with Gasteiger partial charge in [-0.2, -0.15) is 0 Å². The van der Waals surface area contributed by atoms with Gasteiger partial charge in [-0.1, -0.05) is 6.92 Å². The van der Waals surface area contributed by atoms with Crippen LogP contribution in [0.1, 0.15) is 36.9 Å². The monoisotopic (exact) mass is 176 g/mol. The molecule has 1 heterocycles. The van der Waals surface area contributed by atoms with Crippen molar-refractivity contribution in [3.8, 4) is 0 Å². The second kappa shape index (κ2) is 3.88. The lowest BCUT2D eigenvalue weighted by atomic mass is 9.89. The Morgan fingerprint density at radius 3 is 3.38 bits per heavy atom. The van der Waals surface area contributed by atoms with Crippen LogP contribution in [0.3, 0.4) is 0 Å². The Labute approximate surface area is 79.4 Å². The Kier molecular flexibility index (Phi) is 2.60. The predicted molar refractivity (Wildman–Crippen MR) is 53.6 cm³/mol. The van der Waals surface area contributed by atoms with Crippen molar-refractivity contribution >= 4 is 0 Å². The quantitative estimate of drug-likeness (QED) is 0.746. The first-order chi connectivity index (χ1) is 6.42. The Morgan fingerprint density at radius 2 is 2.54 bits per heavy atom. The van der Waals surface area contributed by atoms with Gasteiger partial charge in [0.1, 0.15) is 0 Å². The number of aryl methyl sites for hydroxylation is 1. The first-order valence-electron chi connectivity index (χ1n) is 5.08. The first-order valence-corrected chi connectivity index (χ1v) is 5.08. The van der Waals surface area contributed by atoms with Crippen molar-refractivity contribution in [2.24, 2.45) is 0 Å². The fourth-order valence-electron chi connectivity index (χ4n) is 2.10. The van der Waals surface area contributed by atoms with Crippen LogP contribution in [0.15, 0.2) is 18.5 Å². The van der Waals surface area contributed by atoms with Gasteiger partial charge in [-0.05, 0) is 43.0 Å². The topological polar surface area (TPSA) is 24.9 Å². The molecular weight excluding hydrogens is 160 g/mol. The molecule has 1 unspecified atom stereocenters. The molecule has 0 amide bonds. The van der Waals surface area contributed by atoms with E-state index in [9.17, 15) is 0 Å². The second-order valence-electron chi connectivity index (χ2n) is 3.58. The van der Waals surface area contributed by atoms with Crippen LogP contribution < -0.4 is 5.32 Å². The molecule has 70 valence electrons. The minimum Gasteiger partial charge on any atom is -0.310 e. The third kappa shape index (κ3) is 1.73. The number of rotatable bonds is 2. The van der Waals surface area contributed by atoms with Crippen LogP contribution in [0.25, 0.3) is 0 Å². The molecule has 0 saturated carbocycles. The maximum Gasteiger partial charge on any atom is 0.0324 e. The van der Waals surface area contributed by atoms with Gasteiger partial charge in [0.2, 0.25) is 0 Å². The van der Waals surface area contributed by atoms with Crippen LogP contribution in [0.2, 0.25) is 0 Å². The van der Waals surface area contributed by atoms with Gasteiger partial charge in [-0.3, -0.25) is 4.98 Å². The number of aromatic nitrogens is 1. The van der Waals surface area contributed by atoms with Crippen molar-refractivity contribution in [3.05, 3.63) is 29.6 Å². The highest BCUT2D eigenvalue weighted by atomic mass is 14.9. The molecule has 0 spiro atoms. The van der Waals surface area contributed by atoms with Crippen molar-refractivity contribution in [2.75, 3.05) is 6.54 Å². The minimum atomic E-state index is 0.566. The molecule has 1 aliphatic carbocycles. The van der Waals surface area contributed by atoms with E-state index in [4.69, 9.17) is 0 Å². The van der Waals surface area contributed by atoms with E-state index < -0.39 is 0 Å². The van der Waals surface area contributed by atoms with Crippen molar-refractivity contribution in [2.45, 2.75) is 32.2 Å². The Morgan fingerprint density at radius 1 is 1.62 bits per heavy atom. The molecule has 1 aromatic rings. The summed E-state index contributed by atoms with van der Waals surface area (Å²) in [6, 6.07) is 2.72. The van der Waals surface area contributed by atoms with E-state index in [0.29, 0.717) is 6.04 Å². The van der Waals surface area contributed by atoms with Crippen LogP contribution in [-0.4, -0.2) is 11.5 Å². The van der Waals surface area contributed by atoms with E-state index >= 15 is 0 Å². The maximum atomic E-state index is 4.16. The summed E-state index contributed by atoms with van der Waals surface area (Å²) in [6.07, 6.45) is 7.67. The summed E-state index contributed by atoms with van der Waals surface area (Å²) in [5.74, 6) is 0. The van der Waals surface area contributed by atoms with Crippen LogP contribution in [0, 0.1) is 0 Å². The van der Waals surface area contributed by atoms with Crippen molar-refractivity contribution in [1.29, 1.82) is 0 Å². The highest BCUT2D eigenvalue weighted by Crippen LogP contribution is 2.28. The molecule has 0 radical (unpaired) electrons. The number of fused-ring (bicyclic) bond motifs is 1. The highest BCUT2D eigenvalue weighted by molar-refractivity contribution is 5.28. The van der Waals surface area contributed by atoms with Gasteiger partial charge in [-0.15, -0.1) is 0 Å². The molecule has 2 rings (SSSR count). The molecule has 13 heavy (non-hydrogen) atoms. The number of hydrogen-bond donors (Lipinski definition) is 1. The van der Waals surface area contributed by atoms with Gasteiger partial charge >= 0.3 is 0 Å². The second-order valence-corrected chi connectivity index (χ2v) is 3.58. The van der Waals surface area contributed by atoms with Crippen molar-refractivity contribution in [3.63, 3.8) is 0 Å². The largest absolute Gasteiger partial charge is 0.310 e. The minimum absolute atomic E-state index is 0.566. The molecule has 0 saturated heterocycles. The lowest BCUT2D eigenvalue weighted by Crippen LogP contribution is -2.24. The average molecular weight is 176 g/mol. The average Bonchev–Trinajstić information content (AvgIpc) is 2.19. The number of pyridine rings is 1. The number of nitrogens with zero attached hydrogens (tertiary/aromatic N) is 1.